The molecule has 3 rings (SSSR count). The first kappa shape index (κ1) is 23.5. The summed E-state index contributed by atoms with van der Waals surface area (Å²) in [6, 6.07) is 6.29. The molecular formula is C23H36Cl2N4O. The molecule has 0 atom stereocenters. The van der Waals surface area contributed by atoms with Crippen molar-refractivity contribution in [2.24, 2.45) is 5.92 Å². The maximum absolute atomic E-state index is 12.2. The number of urea groups is 1. The maximum atomic E-state index is 12.2. The number of nitrogens with zero attached hydrogens (tertiary/aromatic N) is 3. The van der Waals surface area contributed by atoms with E-state index in [9.17, 15) is 4.79 Å². The molecule has 1 saturated carbocycles. The normalized spacial score (nSPS) is 22.7. The minimum Gasteiger partial charge on any atom is -0.368 e. The molecule has 30 heavy (non-hydrogen) atoms. The minimum absolute atomic E-state index is 0.0815. The van der Waals surface area contributed by atoms with E-state index in [1.54, 1.807) is 4.90 Å². The number of nitrogens with one attached hydrogen (secondary N) is 1. The second kappa shape index (κ2) is 11.4. The van der Waals surface area contributed by atoms with E-state index < -0.39 is 0 Å². The number of carbonyl (C=O) groups is 1. The van der Waals surface area contributed by atoms with E-state index in [0.717, 1.165) is 70.1 Å². The molecule has 5 nitrogen and oxygen atoms in total. The Bertz CT molecular complexity index is 686. The Morgan fingerprint density at radius 2 is 1.83 bits per heavy atom. The first-order valence-corrected chi connectivity index (χ1v) is 12.2. The van der Waals surface area contributed by atoms with Crippen LogP contribution in [-0.4, -0.2) is 68.2 Å². The highest BCUT2D eigenvalue weighted by Gasteiger charge is 2.25. The topological polar surface area (TPSA) is 38.8 Å². The van der Waals surface area contributed by atoms with E-state index in [4.69, 9.17) is 23.2 Å². The number of halogens is 2. The minimum atomic E-state index is 0.0815. The molecule has 0 spiro atoms. The molecule has 2 fully saturated rings. The molecule has 1 aromatic carbocycles. The lowest BCUT2D eigenvalue weighted by molar-refractivity contribution is 0.189. The molecule has 168 valence electrons. The number of carbonyl (C=O) groups excluding carboxylic acids is 1. The zero-order valence-corrected chi connectivity index (χ0v) is 19.9. The number of anilines is 1. The van der Waals surface area contributed by atoms with Gasteiger partial charge in [0, 0.05) is 45.8 Å². The third-order valence-electron chi connectivity index (χ3n) is 6.58. The van der Waals surface area contributed by atoms with Crippen molar-refractivity contribution in [3.8, 4) is 0 Å². The van der Waals surface area contributed by atoms with Gasteiger partial charge in [-0.3, -0.25) is 4.90 Å². The molecule has 1 saturated heterocycles. The Hall–Kier alpha value is -1.17. The van der Waals surface area contributed by atoms with Crippen molar-refractivity contribution in [3.63, 3.8) is 0 Å². The van der Waals surface area contributed by atoms with Gasteiger partial charge in [-0.2, -0.15) is 0 Å². The number of rotatable bonds is 7. The standard InChI is InChI=1S/C23H36Cl2N4O/c1-3-12-27(2)23(30)26-19-9-7-18(8-10-19)11-13-28-14-16-29(17-15-28)21-6-4-5-20(24)22(21)25/h4-6,18-19H,3,7-17H2,1-2H3,(H,26,30)/t18-,19-. The number of piperazine rings is 1. The Balaban J connectivity index is 1.34. The third kappa shape index (κ3) is 6.41. The largest absolute Gasteiger partial charge is 0.368 e. The van der Waals surface area contributed by atoms with Crippen molar-refractivity contribution >= 4 is 34.9 Å². The second-order valence-electron chi connectivity index (χ2n) is 8.78. The summed E-state index contributed by atoms with van der Waals surface area (Å²) in [5.74, 6) is 0.784. The lowest BCUT2D eigenvalue weighted by Crippen LogP contribution is -2.47. The van der Waals surface area contributed by atoms with Crippen LogP contribution in [0.3, 0.4) is 0 Å². The molecule has 0 aromatic heterocycles. The Labute approximate surface area is 191 Å². The van der Waals surface area contributed by atoms with E-state index in [-0.39, 0.29) is 6.03 Å². The molecule has 0 bridgehead atoms. The predicted octanol–water partition coefficient (Wildman–Crippen LogP) is 5.12. The van der Waals surface area contributed by atoms with Gasteiger partial charge in [-0.15, -0.1) is 0 Å². The average Bonchev–Trinajstić information content (AvgIpc) is 2.76. The molecule has 1 heterocycles. The van der Waals surface area contributed by atoms with Crippen LogP contribution in [0.25, 0.3) is 0 Å². The fraction of sp³-hybridized carbons (Fsp3) is 0.696. The van der Waals surface area contributed by atoms with E-state index in [0.29, 0.717) is 16.1 Å². The van der Waals surface area contributed by atoms with Gasteiger partial charge in [-0.25, -0.2) is 4.79 Å². The number of amides is 2. The summed E-state index contributed by atoms with van der Waals surface area (Å²) >= 11 is 12.6. The molecular weight excluding hydrogens is 419 g/mol. The van der Waals surface area contributed by atoms with Crippen LogP contribution < -0.4 is 10.2 Å². The van der Waals surface area contributed by atoms with Crippen LogP contribution in [0.5, 0.6) is 0 Å². The summed E-state index contributed by atoms with van der Waals surface area (Å²) in [5, 5.41) is 4.50. The summed E-state index contributed by atoms with van der Waals surface area (Å²) in [7, 11) is 1.88. The molecule has 0 unspecified atom stereocenters. The highest BCUT2D eigenvalue weighted by Crippen LogP contribution is 2.33. The van der Waals surface area contributed by atoms with Crippen molar-refractivity contribution in [2.75, 3.05) is 51.2 Å². The van der Waals surface area contributed by atoms with Gasteiger partial charge in [0.2, 0.25) is 0 Å². The van der Waals surface area contributed by atoms with Crippen molar-refractivity contribution in [3.05, 3.63) is 28.2 Å². The van der Waals surface area contributed by atoms with Gasteiger partial charge in [0.15, 0.2) is 0 Å². The Kier molecular flexibility index (Phi) is 8.97. The predicted molar refractivity (Wildman–Crippen MR) is 127 cm³/mol. The number of hydrogen-bond donors (Lipinski definition) is 1. The summed E-state index contributed by atoms with van der Waals surface area (Å²) in [6.07, 6.45) is 6.92. The molecule has 1 aromatic rings. The lowest BCUT2D eigenvalue weighted by atomic mass is 9.84. The molecule has 1 aliphatic heterocycles. The monoisotopic (exact) mass is 454 g/mol. The summed E-state index contributed by atoms with van der Waals surface area (Å²) in [4.78, 5) is 18.9. The molecule has 2 aliphatic rings. The smallest absolute Gasteiger partial charge is 0.317 e. The van der Waals surface area contributed by atoms with Crippen LogP contribution in [0.2, 0.25) is 10.0 Å². The molecule has 2 amide bonds. The lowest BCUT2D eigenvalue weighted by Gasteiger charge is -2.37. The van der Waals surface area contributed by atoms with Gasteiger partial charge < -0.3 is 15.1 Å². The SMILES string of the molecule is CCCN(C)C(=O)N[C@H]1CC[C@H](CCN2CCN(c3cccc(Cl)c3Cl)CC2)CC1. The fourth-order valence-corrected chi connectivity index (χ4v) is 5.05. The van der Waals surface area contributed by atoms with Gasteiger partial charge in [0.1, 0.15) is 0 Å². The molecule has 1 aliphatic carbocycles. The number of hydrogen-bond acceptors (Lipinski definition) is 3. The van der Waals surface area contributed by atoms with Gasteiger partial charge >= 0.3 is 6.03 Å². The van der Waals surface area contributed by atoms with E-state index >= 15 is 0 Å². The van der Waals surface area contributed by atoms with Gasteiger partial charge in [-0.1, -0.05) is 36.2 Å². The third-order valence-corrected chi connectivity index (χ3v) is 7.39. The molecule has 0 radical (unpaired) electrons. The van der Waals surface area contributed by atoms with Crippen molar-refractivity contribution in [1.29, 1.82) is 0 Å². The van der Waals surface area contributed by atoms with Crippen LogP contribution in [0.1, 0.15) is 45.4 Å². The highest BCUT2D eigenvalue weighted by molar-refractivity contribution is 6.43. The van der Waals surface area contributed by atoms with E-state index in [2.05, 4.69) is 28.1 Å². The quantitative estimate of drug-likeness (QED) is 0.621. The van der Waals surface area contributed by atoms with Crippen LogP contribution in [0.4, 0.5) is 10.5 Å². The zero-order valence-electron chi connectivity index (χ0n) is 18.4. The van der Waals surface area contributed by atoms with Crippen molar-refractivity contribution in [1.82, 2.24) is 15.1 Å². The highest BCUT2D eigenvalue weighted by atomic mass is 35.5. The molecule has 1 N–H and O–H groups in total. The zero-order chi connectivity index (χ0) is 21.5. The van der Waals surface area contributed by atoms with Gasteiger partial charge in [0.05, 0.1) is 15.7 Å². The summed E-state index contributed by atoms with van der Waals surface area (Å²) in [6.45, 7) is 8.20. The van der Waals surface area contributed by atoms with Crippen molar-refractivity contribution in [2.45, 2.75) is 51.5 Å². The fourth-order valence-electron chi connectivity index (χ4n) is 4.63. The summed E-state index contributed by atoms with van der Waals surface area (Å²) in [5.41, 5.74) is 1.05. The average molecular weight is 455 g/mol. The first-order valence-electron chi connectivity index (χ1n) is 11.4. The first-order chi connectivity index (χ1) is 14.5. The van der Waals surface area contributed by atoms with Crippen LogP contribution in [0, 0.1) is 5.92 Å². The van der Waals surface area contributed by atoms with E-state index in [1.165, 1.54) is 19.3 Å². The Morgan fingerprint density at radius 3 is 2.50 bits per heavy atom. The Morgan fingerprint density at radius 1 is 1.13 bits per heavy atom. The van der Waals surface area contributed by atoms with Crippen LogP contribution >= 0.6 is 23.2 Å². The number of benzene rings is 1. The second-order valence-corrected chi connectivity index (χ2v) is 9.56. The maximum Gasteiger partial charge on any atom is 0.317 e. The van der Waals surface area contributed by atoms with Crippen LogP contribution in [-0.2, 0) is 0 Å². The molecule has 7 heteroatoms. The van der Waals surface area contributed by atoms with Gasteiger partial charge in [-0.05, 0) is 63.1 Å². The van der Waals surface area contributed by atoms with Crippen LogP contribution in [0.15, 0.2) is 18.2 Å². The van der Waals surface area contributed by atoms with Crippen molar-refractivity contribution < 1.29 is 4.79 Å². The summed E-state index contributed by atoms with van der Waals surface area (Å²) < 4.78 is 0. The van der Waals surface area contributed by atoms with E-state index in [1.807, 2.05) is 19.2 Å². The van der Waals surface area contributed by atoms with Gasteiger partial charge in [0.25, 0.3) is 0 Å².